The Labute approximate surface area is 95.5 Å². The first kappa shape index (κ1) is 12.8. The van der Waals surface area contributed by atoms with Gasteiger partial charge < -0.3 is 0 Å². The molecule has 0 bridgehead atoms. The third kappa shape index (κ3) is 2.63. The molecule has 1 rings (SSSR count). The van der Waals surface area contributed by atoms with E-state index in [-0.39, 0.29) is 0 Å². The van der Waals surface area contributed by atoms with Gasteiger partial charge in [-0.15, -0.1) is 0 Å². The van der Waals surface area contributed by atoms with Crippen molar-refractivity contribution in [1.82, 2.24) is 4.90 Å². The molecule has 1 aliphatic rings. The lowest BCUT2D eigenvalue weighted by atomic mass is 9.78. The normalized spacial score (nSPS) is 28.3. The number of nitrogens with zero attached hydrogens (tertiary/aromatic N) is 1. The van der Waals surface area contributed by atoms with E-state index in [1.54, 1.807) is 0 Å². The molecule has 0 aromatic heterocycles. The number of hydrogen-bond acceptors (Lipinski definition) is 1. The van der Waals surface area contributed by atoms with Crippen molar-refractivity contribution in [3.8, 4) is 0 Å². The smallest absolute Gasteiger partial charge is 0.0332 e. The van der Waals surface area contributed by atoms with Gasteiger partial charge in [-0.25, -0.2) is 0 Å². The Morgan fingerprint density at radius 3 is 2.40 bits per heavy atom. The fraction of sp³-hybridized carbons (Fsp3) is 0.857. The van der Waals surface area contributed by atoms with E-state index in [0.717, 1.165) is 6.04 Å². The second-order valence-electron chi connectivity index (χ2n) is 5.34. The van der Waals surface area contributed by atoms with Crippen molar-refractivity contribution >= 4 is 0 Å². The molecule has 0 amide bonds. The van der Waals surface area contributed by atoms with Crippen LogP contribution in [0.25, 0.3) is 0 Å². The fourth-order valence-corrected chi connectivity index (χ4v) is 2.61. The molecular formula is C14H27N. The first-order valence-electron chi connectivity index (χ1n) is 6.49. The summed E-state index contributed by atoms with van der Waals surface area (Å²) in [6, 6.07) is 1.39. The van der Waals surface area contributed by atoms with Crippen LogP contribution in [0.2, 0.25) is 0 Å². The van der Waals surface area contributed by atoms with E-state index in [2.05, 4.69) is 51.7 Å². The van der Waals surface area contributed by atoms with E-state index in [1.807, 2.05) is 0 Å². The molecule has 15 heavy (non-hydrogen) atoms. The van der Waals surface area contributed by atoms with Crippen molar-refractivity contribution in [2.24, 2.45) is 5.41 Å². The van der Waals surface area contributed by atoms with Gasteiger partial charge in [0.1, 0.15) is 0 Å². The fourth-order valence-electron chi connectivity index (χ4n) is 2.61. The monoisotopic (exact) mass is 209 g/mol. The number of rotatable bonds is 4. The van der Waals surface area contributed by atoms with Gasteiger partial charge in [-0.3, -0.25) is 4.90 Å². The molecule has 1 nitrogen and oxygen atoms in total. The third-order valence-electron chi connectivity index (χ3n) is 4.10. The van der Waals surface area contributed by atoms with Crippen LogP contribution in [0.4, 0.5) is 0 Å². The minimum atomic E-state index is 0.403. The van der Waals surface area contributed by atoms with Crippen LogP contribution >= 0.6 is 0 Å². The average molecular weight is 209 g/mol. The molecule has 2 unspecified atom stereocenters. The van der Waals surface area contributed by atoms with Crippen LogP contribution in [0.1, 0.15) is 53.9 Å². The standard InChI is InChI=1S/C14H27N/c1-6-12-10-9-11-13(15(12)8-3)14(4,5)7-2/h9,11-13H,6-8,10H2,1-5H3. The van der Waals surface area contributed by atoms with E-state index < -0.39 is 0 Å². The first-order chi connectivity index (χ1) is 7.06. The molecule has 0 aromatic rings. The number of likely N-dealkylation sites (N-methyl/N-ethyl adjacent to an activating group) is 1. The molecule has 1 heteroatoms. The minimum Gasteiger partial charge on any atom is -0.293 e. The average Bonchev–Trinajstić information content (AvgIpc) is 2.27. The lowest BCUT2D eigenvalue weighted by molar-refractivity contribution is 0.0714. The summed E-state index contributed by atoms with van der Waals surface area (Å²) in [6.07, 6.45) is 8.58. The molecule has 1 aliphatic heterocycles. The van der Waals surface area contributed by atoms with E-state index in [0.29, 0.717) is 11.5 Å². The molecule has 0 N–H and O–H groups in total. The van der Waals surface area contributed by atoms with Crippen LogP contribution in [0.15, 0.2) is 12.2 Å². The summed E-state index contributed by atoms with van der Waals surface area (Å²) in [4.78, 5) is 2.68. The zero-order valence-electron chi connectivity index (χ0n) is 11.1. The highest BCUT2D eigenvalue weighted by molar-refractivity contribution is 5.07. The zero-order chi connectivity index (χ0) is 11.5. The molecule has 0 fully saturated rings. The Kier molecular flexibility index (Phi) is 4.39. The topological polar surface area (TPSA) is 3.24 Å². The third-order valence-corrected chi connectivity index (χ3v) is 4.10. The van der Waals surface area contributed by atoms with Crippen molar-refractivity contribution in [3.05, 3.63) is 12.2 Å². The van der Waals surface area contributed by atoms with E-state index in [4.69, 9.17) is 0 Å². The molecule has 0 aromatic carbocycles. The molecule has 0 saturated heterocycles. The molecule has 1 heterocycles. The van der Waals surface area contributed by atoms with Gasteiger partial charge in [0.15, 0.2) is 0 Å². The molecule has 0 aliphatic carbocycles. The maximum absolute atomic E-state index is 2.68. The predicted octanol–water partition coefficient (Wildman–Crippen LogP) is 3.85. The van der Waals surface area contributed by atoms with E-state index in [1.165, 1.54) is 25.8 Å². The highest BCUT2D eigenvalue weighted by Gasteiger charge is 2.34. The highest BCUT2D eigenvalue weighted by atomic mass is 15.2. The lowest BCUT2D eigenvalue weighted by Gasteiger charge is -2.45. The summed E-state index contributed by atoms with van der Waals surface area (Å²) in [5, 5.41) is 0. The van der Waals surface area contributed by atoms with E-state index in [9.17, 15) is 0 Å². The van der Waals surface area contributed by atoms with Crippen LogP contribution in [0, 0.1) is 5.41 Å². The van der Waals surface area contributed by atoms with Crippen LogP contribution in [0.3, 0.4) is 0 Å². The minimum absolute atomic E-state index is 0.403. The van der Waals surface area contributed by atoms with Crippen molar-refractivity contribution in [1.29, 1.82) is 0 Å². The van der Waals surface area contributed by atoms with Gasteiger partial charge in [-0.2, -0.15) is 0 Å². The van der Waals surface area contributed by atoms with Crippen LogP contribution in [0.5, 0.6) is 0 Å². The van der Waals surface area contributed by atoms with Crippen molar-refractivity contribution in [2.45, 2.75) is 66.0 Å². The summed E-state index contributed by atoms with van der Waals surface area (Å²) in [6.45, 7) is 12.9. The Morgan fingerprint density at radius 2 is 1.93 bits per heavy atom. The van der Waals surface area contributed by atoms with Gasteiger partial charge in [0.05, 0.1) is 0 Å². The van der Waals surface area contributed by atoms with Gasteiger partial charge in [0, 0.05) is 12.1 Å². The number of hydrogen-bond donors (Lipinski definition) is 0. The lowest BCUT2D eigenvalue weighted by Crippen LogP contribution is -2.50. The summed E-state index contributed by atoms with van der Waals surface area (Å²) in [5.74, 6) is 0. The molecule has 88 valence electrons. The second-order valence-corrected chi connectivity index (χ2v) is 5.34. The van der Waals surface area contributed by atoms with Gasteiger partial charge >= 0.3 is 0 Å². The van der Waals surface area contributed by atoms with Crippen molar-refractivity contribution in [3.63, 3.8) is 0 Å². The van der Waals surface area contributed by atoms with Gasteiger partial charge in [0.25, 0.3) is 0 Å². The highest BCUT2D eigenvalue weighted by Crippen LogP contribution is 2.34. The molecule has 0 spiro atoms. The van der Waals surface area contributed by atoms with Gasteiger partial charge in [-0.1, -0.05) is 46.8 Å². The Bertz CT molecular complexity index is 217. The Balaban J connectivity index is 2.86. The van der Waals surface area contributed by atoms with Gasteiger partial charge in [0.2, 0.25) is 0 Å². The van der Waals surface area contributed by atoms with Crippen LogP contribution in [-0.4, -0.2) is 23.5 Å². The first-order valence-corrected chi connectivity index (χ1v) is 6.49. The van der Waals surface area contributed by atoms with Gasteiger partial charge in [-0.05, 0) is 31.2 Å². The zero-order valence-corrected chi connectivity index (χ0v) is 11.1. The molecule has 0 saturated carbocycles. The van der Waals surface area contributed by atoms with Crippen molar-refractivity contribution < 1.29 is 0 Å². The Morgan fingerprint density at radius 1 is 1.27 bits per heavy atom. The van der Waals surface area contributed by atoms with Crippen LogP contribution in [-0.2, 0) is 0 Å². The summed E-state index contributed by atoms with van der Waals surface area (Å²) in [7, 11) is 0. The van der Waals surface area contributed by atoms with Crippen LogP contribution < -0.4 is 0 Å². The Hall–Kier alpha value is -0.300. The SMILES string of the molecule is CCC1CC=CC(C(C)(C)CC)N1CC. The molecule has 0 radical (unpaired) electrons. The summed E-state index contributed by atoms with van der Waals surface area (Å²) >= 11 is 0. The van der Waals surface area contributed by atoms with Crippen molar-refractivity contribution in [2.75, 3.05) is 6.54 Å². The maximum atomic E-state index is 2.68. The van der Waals surface area contributed by atoms with E-state index >= 15 is 0 Å². The molecule has 2 atom stereocenters. The largest absolute Gasteiger partial charge is 0.293 e. The summed E-state index contributed by atoms with van der Waals surface area (Å²) < 4.78 is 0. The molecular weight excluding hydrogens is 182 g/mol. The second kappa shape index (κ2) is 5.16. The summed E-state index contributed by atoms with van der Waals surface area (Å²) in [5.41, 5.74) is 0.403. The quantitative estimate of drug-likeness (QED) is 0.636. The predicted molar refractivity (Wildman–Crippen MR) is 68.1 cm³/mol. The maximum Gasteiger partial charge on any atom is 0.0332 e.